The predicted molar refractivity (Wildman–Crippen MR) is 94.8 cm³/mol. The highest BCUT2D eigenvalue weighted by Crippen LogP contribution is 2.38. The summed E-state index contributed by atoms with van der Waals surface area (Å²) >= 11 is 9.63. The Morgan fingerprint density at radius 2 is 1.91 bits per heavy atom. The zero-order chi connectivity index (χ0) is 16.4. The van der Waals surface area contributed by atoms with Gasteiger partial charge < -0.3 is 5.11 Å². The maximum absolute atomic E-state index is 11.6. The second-order valence-corrected chi connectivity index (χ2v) is 7.00. The molecule has 0 aromatic heterocycles. The molecule has 1 aliphatic rings. The van der Waals surface area contributed by atoms with Crippen LogP contribution in [-0.2, 0) is 4.79 Å². The Kier molecular flexibility index (Phi) is 5.05. The monoisotopic (exact) mass is 393 g/mol. The van der Waals surface area contributed by atoms with Gasteiger partial charge in [-0.25, -0.2) is 0 Å². The van der Waals surface area contributed by atoms with Gasteiger partial charge in [0.25, 0.3) is 0 Å². The molecule has 1 fully saturated rings. The molecule has 0 spiro atoms. The largest absolute Gasteiger partial charge is 0.480 e. The van der Waals surface area contributed by atoms with Crippen molar-refractivity contribution in [3.05, 3.63) is 69.2 Å². The van der Waals surface area contributed by atoms with Gasteiger partial charge in [0.2, 0.25) is 0 Å². The van der Waals surface area contributed by atoms with Crippen LogP contribution in [0.4, 0.5) is 0 Å². The summed E-state index contributed by atoms with van der Waals surface area (Å²) in [5.74, 6) is -0.756. The molecule has 3 nitrogen and oxygen atoms in total. The molecule has 5 heteroatoms. The molecular weight excluding hydrogens is 378 g/mol. The van der Waals surface area contributed by atoms with Crippen LogP contribution in [0.1, 0.15) is 30.0 Å². The fourth-order valence-corrected chi connectivity index (χ4v) is 3.88. The predicted octanol–water partition coefficient (Wildman–Crippen LogP) is 4.74. The Morgan fingerprint density at radius 3 is 2.57 bits per heavy atom. The quantitative estimate of drug-likeness (QED) is 0.814. The van der Waals surface area contributed by atoms with Gasteiger partial charge in [0, 0.05) is 16.0 Å². The highest BCUT2D eigenvalue weighted by atomic mass is 79.9. The Hall–Kier alpha value is -1.36. The van der Waals surface area contributed by atoms with Gasteiger partial charge in [0.1, 0.15) is 6.04 Å². The van der Waals surface area contributed by atoms with E-state index in [1.54, 1.807) is 0 Å². The Morgan fingerprint density at radius 1 is 1.22 bits per heavy atom. The minimum atomic E-state index is -0.756. The number of benzene rings is 2. The molecule has 2 unspecified atom stereocenters. The fourth-order valence-electron chi connectivity index (χ4n) is 3.25. The maximum Gasteiger partial charge on any atom is 0.320 e. The summed E-state index contributed by atoms with van der Waals surface area (Å²) in [7, 11) is 0. The molecule has 1 N–H and O–H groups in total. The SMILES string of the molecule is O=C(O)C1CCCN1C(c1ccc(Cl)cc1)c1ccccc1Br. The van der Waals surface area contributed by atoms with Crippen LogP contribution in [0.15, 0.2) is 53.0 Å². The van der Waals surface area contributed by atoms with E-state index in [1.165, 1.54) is 0 Å². The van der Waals surface area contributed by atoms with Gasteiger partial charge in [-0.1, -0.05) is 57.9 Å². The summed E-state index contributed by atoms with van der Waals surface area (Å²) in [4.78, 5) is 13.7. The molecule has 0 saturated carbocycles. The van der Waals surface area contributed by atoms with Crippen LogP contribution in [0.25, 0.3) is 0 Å². The summed E-state index contributed by atoms with van der Waals surface area (Å²) in [6.07, 6.45) is 1.58. The van der Waals surface area contributed by atoms with E-state index in [9.17, 15) is 9.90 Å². The summed E-state index contributed by atoms with van der Waals surface area (Å²) in [6.45, 7) is 0.769. The van der Waals surface area contributed by atoms with Gasteiger partial charge in [-0.3, -0.25) is 9.69 Å². The van der Waals surface area contributed by atoms with Crippen LogP contribution < -0.4 is 0 Å². The van der Waals surface area contributed by atoms with Crippen LogP contribution in [-0.4, -0.2) is 28.6 Å². The first kappa shape index (κ1) is 16.5. The first-order chi connectivity index (χ1) is 11.1. The maximum atomic E-state index is 11.6. The molecule has 0 aliphatic carbocycles. The molecule has 1 aliphatic heterocycles. The number of hydrogen-bond donors (Lipinski definition) is 1. The van der Waals surface area contributed by atoms with Gasteiger partial charge >= 0.3 is 5.97 Å². The number of hydrogen-bond acceptors (Lipinski definition) is 2. The number of carbonyl (C=O) groups is 1. The molecule has 2 aromatic carbocycles. The van der Waals surface area contributed by atoms with E-state index in [2.05, 4.69) is 20.8 Å². The highest BCUT2D eigenvalue weighted by molar-refractivity contribution is 9.10. The van der Waals surface area contributed by atoms with Crippen LogP contribution in [0.3, 0.4) is 0 Å². The molecule has 0 radical (unpaired) electrons. The zero-order valence-electron chi connectivity index (χ0n) is 12.5. The van der Waals surface area contributed by atoms with Crippen molar-refractivity contribution in [3.8, 4) is 0 Å². The molecule has 2 aromatic rings. The van der Waals surface area contributed by atoms with Crippen molar-refractivity contribution in [2.45, 2.75) is 24.9 Å². The molecule has 120 valence electrons. The summed E-state index contributed by atoms with van der Waals surface area (Å²) in [5, 5.41) is 10.2. The number of nitrogens with zero attached hydrogens (tertiary/aromatic N) is 1. The van der Waals surface area contributed by atoms with Crippen molar-refractivity contribution in [1.82, 2.24) is 4.90 Å². The normalized spacial score (nSPS) is 19.7. The van der Waals surface area contributed by atoms with E-state index >= 15 is 0 Å². The molecule has 1 heterocycles. The lowest BCUT2D eigenvalue weighted by molar-refractivity contribution is -0.142. The van der Waals surface area contributed by atoms with E-state index in [0.29, 0.717) is 11.4 Å². The lowest BCUT2D eigenvalue weighted by atomic mass is 9.96. The van der Waals surface area contributed by atoms with Crippen molar-refractivity contribution >= 4 is 33.5 Å². The highest BCUT2D eigenvalue weighted by Gasteiger charge is 2.37. The molecule has 1 saturated heterocycles. The van der Waals surface area contributed by atoms with Crippen LogP contribution in [0, 0.1) is 0 Å². The van der Waals surface area contributed by atoms with Crippen LogP contribution in [0.2, 0.25) is 5.02 Å². The van der Waals surface area contributed by atoms with E-state index in [4.69, 9.17) is 11.6 Å². The second kappa shape index (κ2) is 7.04. The minimum absolute atomic E-state index is 0.105. The average Bonchev–Trinajstić information content (AvgIpc) is 3.01. The van der Waals surface area contributed by atoms with Crippen molar-refractivity contribution < 1.29 is 9.90 Å². The number of halogens is 2. The van der Waals surface area contributed by atoms with Gasteiger partial charge in [-0.05, 0) is 42.2 Å². The van der Waals surface area contributed by atoms with Crippen molar-refractivity contribution in [2.24, 2.45) is 0 Å². The van der Waals surface area contributed by atoms with Crippen molar-refractivity contribution in [3.63, 3.8) is 0 Å². The van der Waals surface area contributed by atoms with Gasteiger partial charge in [0.05, 0.1) is 6.04 Å². The first-order valence-electron chi connectivity index (χ1n) is 7.56. The summed E-state index contributed by atoms with van der Waals surface area (Å²) in [6, 6.07) is 15.1. The smallest absolute Gasteiger partial charge is 0.320 e. The summed E-state index contributed by atoms with van der Waals surface area (Å²) < 4.78 is 0.982. The van der Waals surface area contributed by atoms with Crippen LogP contribution in [0.5, 0.6) is 0 Å². The fraction of sp³-hybridized carbons (Fsp3) is 0.278. The van der Waals surface area contributed by atoms with E-state index in [0.717, 1.165) is 28.6 Å². The number of rotatable bonds is 4. The molecule has 23 heavy (non-hydrogen) atoms. The number of carboxylic acids is 1. The second-order valence-electron chi connectivity index (χ2n) is 5.71. The minimum Gasteiger partial charge on any atom is -0.480 e. The van der Waals surface area contributed by atoms with E-state index in [-0.39, 0.29) is 6.04 Å². The van der Waals surface area contributed by atoms with Gasteiger partial charge in [0.15, 0.2) is 0 Å². The third-order valence-electron chi connectivity index (χ3n) is 4.30. The number of likely N-dealkylation sites (tertiary alicyclic amines) is 1. The average molecular weight is 395 g/mol. The van der Waals surface area contributed by atoms with E-state index < -0.39 is 12.0 Å². The molecule has 0 amide bonds. The topological polar surface area (TPSA) is 40.5 Å². The van der Waals surface area contributed by atoms with E-state index in [1.807, 2.05) is 48.5 Å². The summed E-state index contributed by atoms with van der Waals surface area (Å²) in [5.41, 5.74) is 2.12. The molecular formula is C18H17BrClNO2. The third kappa shape index (κ3) is 3.44. The lowest BCUT2D eigenvalue weighted by Gasteiger charge is -2.32. The van der Waals surface area contributed by atoms with Crippen LogP contribution >= 0.6 is 27.5 Å². The Balaban J connectivity index is 2.08. The number of aliphatic carboxylic acids is 1. The lowest BCUT2D eigenvalue weighted by Crippen LogP contribution is -2.39. The van der Waals surface area contributed by atoms with Crippen molar-refractivity contribution in [1.29, 1.82) is 0 Å². The standard InChI is InChI=1S/C18H17BrClNO2/c19-15-5-2-1-4-14(15)17(12-7-9-13(20)10-8-12)21-11-3-6-16(21)18(22)23/h1-2,4-5,7-10,16-17H,3,6,11H2,(H,22,23). The molecule has 2 atom stereocenters. The Bertz CT molecular complexity index is 704. The van der Waals surface area contributed by atoms with Crippen molar-refractivity contribution in [2.75, 3.05) is 6.54 Å². The molecule has 3 rings (SSSR count). The number of carboxylic acid groups (broad SMARTS) is 1. The van der Waals surface area contributed by atoms with Gasteiger partial charge in [-0.15, -0.1) is 0 Å². The first-order valence-corrected chi connectivity index (χ1v) is 8.73. The zero-order valence-corrected chi connectivity index (χ0v) is 14.8. The third-order valence-corrected chi connectivity index (χ3v) is 5.27. The van der Waals surface area contributed by atoms with Gasteiger partial charge in [-0.2, -0.15) is 0 Å². The molecule has 0 bridgehead atoms. The Labute approximate surface area is 149 Å².